The summed E-state index contributed by atoms with van der Waals surface area (Å²) < 4.78 is 33.4. The topological polar surface area (TPSA) is 75.6 Å². The summed E-state index contributed by atoms with van der Waals surface area (Å²) in [4.78, 5) is 0.889. The van der Waals surface area contributed by atoms with Crippen molar-refractivity contribution in [1.82, 2.24) is 4.72 Å². The van der Waals surface area contributed by atoms with E-state index in [1.165, 1.54) is 17.4 Å². The fourth-order valence-electron chi connectivity index (χ4n) is 2.74. The van der Waals surface area contributed by atoms with Gasteiger partial charge in [0.1, 0.15) is 0 Å². The fraction of sp³-hybridized carbons (Fsp3) is 0.714. The van der Waals surface area contributed by atoms with Crippen molar-refractivity contribution < 1.29 is 18.3 Å². The zero-order valence-corrected chi connectivity index (χ0v) is 14.1. The molecule has 1 aromatic heterocycles. The van der Waals surface area contributed by atoms with E-state index in [0.717, 1.165) is 12.8 Å². The van der Waals surface area contributed by atoms with Crippen LogP contribution in [0.25, 0.3) is 0 Å². The van der Waals surface area contributed by atoms with Gasteiger partial charge in [-0.1, -0.05) is 13.8 Å². The summed E-state index contributed by atoms with van der Waals surface area (Å²) in [5.41, 5.74) is -0.212. The highest BCUT2D eigenvalue weighted by molar-refractivity contribution is 7.89. The summed E-state index contributed by atoms with van der Waals surface area (Å²) in [6, 6.07) is 1.43. The number of aliphatic hydroxyl groups is 1. The first-order valence-electron chi connectivity index (χ1n) is 7.29. The minimum atomic E-state index is -3.52. The number of ether oxygens (including phenoxy) is 1. The van der Waals surface area contributed by atoms with Crippen molar-refractivity contribution in [3.63, 3.8) is 0 Å². The van der Waals surface area contributed by atoms with E-state index in [-0.39, 0.29) is 23.1 Å². The summed E-state index contributed by atoms with van der Waals surface area (Å²) in [6.45, 7) is 4.60. The number of aliphatic hydroxyl groups excluding tert-OH is 1. The summed E-state index contributed by atoms with van der Waals surface area (Å²) in [6.07, 6.45) is 3.16. The van der Waals surface area contributed by atoms with Crippen LogP contribution in [0.1, 0.15) is 44.4 Å². The standard InChI is InChI=1S/C14H23NO4S2/c1-3-14(4-2)8-11(5-6-19-14)15-21(17,18)13-7-12(9-16)20-10-13/h7,10-11,15-16H,3-6,8-9H2,1-2H3. The predicted octanol–water partition coefficient (Wildman–Crippen LogP) is 2.26. The van der Waals surface area contributed by atoms with Gasteiger partial charge in [0.05, 0.1) is 17.1 Å². The Morgan fingerprint density at radius 1 is 1.48 bits per heavy atom. The Balaban J connectivity index is 2.09. The Hall–Kier alpha value is -0.470. The smallest absolute Gasteiger partial charge is 0.241 e. The lowest BCUT2D eigenvalue weighted by molar-refractivity contribution is -0.0905. The molecule has 0 bridgehead atoms. The minimum absolute atomic E-state index is 0.0962. The van der Waals surface area contributed by atoms with E-state index >= 15 is 0 Å². The molecule has 0 amide bonds. The molecule has 1 aliphatic rings. The zero-order valence-electron chi connectivity index (χ0n) is 12.5. The number of nitrogens with one attached hydrogen (secondary N) is 1. The van der Waals surface area contributed by atoms with Crippen molar-refractivity contribution in [3.8, 4) is 0 Å². The van der Waals surface area contributed by atoms with Crippen LogP contribution < -0.4 is 4.72 Å². The first-order valence-corrected chi connectivity index (χ1v) is 9.65. The van der Waals surface area contributed by atoms with Crippen molar-refractivity contribution >= 4 is 21.4 Å². The number of thiophene rings is 1. The van der Waals surface area contributed by atoms with E-state index in [0.29, 0.717) is 24.3 Å². The van der Waals surface area contributed by atoms with Crippen molar-refractivity contribution in [3.05, 3.63) is 16.3 Å². The molecule has 1 fully saturated rings. The molecule has 1 unspecified atom stereocenters. The molecular formula is C14H23NO4S2. The van der Waals surface area contributed by atoms with E-state index in [2.05, 4.69) is 18.6 Å². The van der Waals surface area contributed by atoms with Gasteiger partial charge >= 0.3 is 0 Å². The molecule has 0 saturated carbocycles. The summed E-state index contributed by atoms with van der Waals surface area (Å²) >= 11 is 1.25. The molecule has 7 heteroatoms. The second kappa shape index (κ2) is 6.75. The predicted molar refractivity (Wildman–Crippen MR) is 82.9 cm³/mol. The minimum Gasteiger partial charge on any atom is -0.391 e. The molecule has 0 aliphatic carbocycles. The van der Waals surface area contributed by atoms with Crippen LogP contribution in [-0.2, 0) is 21.4 Å². The molecule has 5 nitrogen and oxygen atoms in total. The van der Waals surface area contributed by atoms with Crippen LogP contribution in [0.4, 0.5) is 0 Å². The summed E-state index contributed by atoms with van der Waals surface area (Å²) in [5.74, 6) is 0. The van der Waals surface area contributed by atoms with Crippen molar-refractivity contribution in [2.75, 3.05) is 6.61 Å². The third kappa shape index (κ3) is 3.84. The molecule has 21 heavy (non-hydrogen) atoms. The summed E-state index contributed by atoms with van der Waals surface area (Å²) in [5, 5.41) is 10.6. The van der Waals surface area contributed by atoms with Crippen molar-refractivity contribution in [2.45, 2.75) is 62.7 Å². The Bertz CT molecular complexity index is 563. The maximum atomic E-state index is 12.4. The van der Waals surface area contributed by atoms with Gasteiger partial charge in [0, 0.05) is 22.9 Å². The quantitative estimate of drug-likeness (QED) is 0.837. The Morgan fingerprint density at radius 2 is 2.19 bits per heavy atom. The van der Waals surface area contributed by atoms with Gasteiger partial charge in [-0.15, -0.1) is 11.3 Å². The highest BCUT2D eigenvalue weighted by Gasteiger charge is 2.36. The molecule has 2 N–H and O–H groups in total. The van der Waals surface area contributed by atoms with Crippen LogP contribution in [-0.4, -0.2) is 31.8 Å². The first-order chi connectivity index (χ1) is 9.94. The molecule has 1 aliphatic heterocycles. The van der Waals surface area contributed by atoms with Crippen molar-refractivity contribution in [2.24, 2.45) is 0 Å². The number of hydrogen-bond acceptors (Lipinski definition) is 5. The average Bonchev–Trinajstić information content (AvgIpc) is 2.97. The van der Waals surface area contributed by atoms with Crippen LogP contribution in [0.5, 0.6) is 0 Å². The molecule has 0 radical (unpaired) electrons. The lowest BCUT2D eigenvalue weighted by atomic mass is 9.86. The maximum absolute atomic E-state index is 12.4. The third-order valence-corrected chi connectivity index (χ3v) is 6.77. The number of sulfonamides is 1. The monoisotopic (exact) mass is 333 g/mol. The van der Waals surface area contributed by atoms with E-state index in [4.69, 9.17) is 9.84 Å². The zero-order chi connectivity index (χ0) is 15.5. The molecule has 1 aromatic rings. The second-order valence-corrected chi connectivity index (χ2v) is 8.17. The normalized spacial score (nSPS) is 22.3. The van der Waals surface area contributed by atoms with Gasteiger partial charge in [0.15, 0.2) is 0 Å². The summed E-state index contributed by atoms with van der Waals surface area (Å²) in [7, 11) is -3.52. The highest BCUT2D eigenvalue weighted by Crippen LogP contribution is 2.32. The molecule has 2 rings (SSSR count). The van der Waals surface area contributed by atoms with Gasteiger partial charge in [-0.3, -0.25) is 0 Å². The molecule has 1 atom stereocenters. The van der Waals surface area contributed by atoms with Gasteiger partial charge in [-0.25, -0.2) is 13.1 Å². The van der Waals surface area contributed by atoms with E-state index in [1.54, 1.807) is 5.38 Å². The lowest BCUT2D eigenvalue weighted by Gasteiger charge is -2.40. The van der Waals surface area contributed by atoms with Gasteiger partial charge in [-0.05, 0) is 31.7 Å². The van der Waals surface area contributed by atoms with Crippen LogP contribution in [0, 0.1) is 0 Å². The molecule has 0 aromatic carbocycles. The lowest BCUT2D eigenvalue weighted by Crippen LogP contribution is -2.48. The Labute approximate surface area is 130 Å². The average molecular weight is 333 g/mol. The number of hydrogen-bond donors (Lipinski definition) is 2. The SMILES string of the molecule is CCC1(CC)CC(NS(=O)(=O)c2csc(CO)c2)CCO1. The third-order valence-electron chi connectivity index (χ3n) is 4.20. The van der Waals surface area contributed by atoms with Crippen molar-refractivity contribution in [1.29, 1.82) is 0 Å². The second-order valence-electron chi connectivity index (χ2n) is 5.46. The fourth-order valence-corrected chi connectivity index (χ4v) is 5.15. The first kappa shape index (κ1) is 16.9. The largest absolute Gasteiger partial charge is 0.391 e. The molecule has 0 spiro atoms. The van der Waals surface area contributed by atoms with E-state index in [9.17, 15) is 8.42 Å². The van der Waals surface area contributed by atoms with Gasteiger partial charge < -0.3 is 9.84 Å². The number of rotatable bonds is 6. The van der Waals surface area contributed by atoms with E-state index in [1.807, 2.05) is 0 Å². The Morgan fingerprint density at radius 3 is 2.76 bits per heavy atom. The molecular weight excluding hydrogens is 310 g/mol. The molecule has 120 valence electrons. The Kier molecular flexibility index (Phi) is 5.43. The molecule has 1 saturated heterocycles. The molecule has 2 heterocycles. The highest BCUT2D eigenvalue weighted by atomic mass is 32.2. The van der Waals surface area contributed by atoms with Gasteiger partial charge in [-0.2, -0.15) is 0 Å². The van der Waals surface area contributed by atoms with Crippen LogP contribution in [0.15, 0.2) is 16.3 Å². The van der Waals surface area contributed by atoms with Crippen LogP contribution >= 0.6 is 11.3 Å². The van der Waals surface area contributed by atoms with Crippen LogP contribution in [0.3, 0.4) is 0 Å². The van der Waals surface area contributed by atoms with Gasteiger partial charge in [0.2, 0.25) is 10.0 Å². The maximum Gasteiger partial charge on any atom is 0.241 e. The van der Waals surface area contributed by atoms with E-state index < -0.39 is 10.0 Å². The van der Waals surface area contributed by atoms with Crippen LogP contribution in [0.2, 0.25) is 0 Å². The van der Waals surface area contributed by atoms with Gasteiger partial charge in [0.25, 0.3) is 0 Å².